The van der Waals surface area contributed by atoms with E-state index in [9.17, 15) is 0 Å². The third kappa shape index (κ3) is 6.32. The molecule has 0 aliphatic rings. The summed E-state index contributed by atoms with van der Waals surface area (Å²) in [6.45, 7) is 0. The Morgan fingerprint density at radius 1 is 0.457 bits per heavy atom. The first-order chi connectivity index (χ1) is 16.7. The second-order valence-electron chi connectivity index (χ2n) is 6.43. The van der Waals surface area contributed by atoms with E-state index in [4.69, 9.17) is 14.2 Å². The van der Waals surface area contributed by atoms with Crippen LogP contribution in [0.15, 0.2) is 78.2 Å². The maximum absolute atomic E-state index is 6.22. The van der Waals surface area contributed by atoms with E-state index in [-0.39, 0.29) is 17.5 Å². The summed E-state index contributed by atoms with van der Waals surface area (Å²) in [7, 11) is 0. The van der Waals surface area contributed by atoms with E-state index in [1.807, 2.05) is 24.3 Å². The largest absolute Gasteiger partial charge is 0.445 e. The molecular formula is C21H7Br8N3O3. The molecule has 0 fully saturated rings. The smallest absolute Gasteiger partial charge is 0.290 e. The molecule has 0 bridgehead atoms. The monoisotopic (exact) mass is 980 g/mol. The molecule has 1 heterocycles. The first kappa shape index (κ1) is 27.9. The van der Waals surface area contributed by atoms with Crippen LogP contribution in [-0.2, 0) is 0 Å². The van der Waals surface area contributed by atoms with Gasteiger partial charge in [0.25, 0.3) is 17.5 Å². The van der Waals surface area contributed by atoms with Gasteiger partial charge in [-0.3, -0.25) is 0 Å². The first-order valence-corrected chi connectivity index (χ1v) is 15.5. The highest BCUT2D eigenvalue weighted by molar-refractivity contribution is 9.15. The Bertz CT molecular complexity index is 1360. The van der Waals surface area contributed by atoms with Crippen molar-refractivity contribution in [2.45, 2.75) is 0 Å². The van der Waals surface area contributed by atoms with Crippen LogP contribution in [0.25, 0.3) is 0 Å². The Morgan fingerprint density at radius 2 is 0.914 bits per heavy atom. The fourth-order valence-corrected chi connectivity index (χ4v) is 5.96. The number of benzene rings is 3. The highest BCUT2D eigenvalue weighted by Crippen LogP contribution is 2.47. The first-order valence-electron chi connectivity index (χ1n) is 9.15. The summed E-state index contributed by atoms with van der Waals surface area (Å²) in [5, 5.41) is 12.0. The van der Waals surface area contributed by atoms with Crippen molar-refractivity contribution < 1.29 is 14.2 Å². The van der Waals surface area contributed by atoms with Crippen molar-refractivity contribution in [3.63, 3.8) is 0 Å². The molecule has 0 N–H and O–H groups in total. The van der Waals surface area contributed by atoms with Gasteiger partial charge in [0, 0.05) is 22.4 Å². The molecule has 3 aromatic carbocycles. The topological polar surface area (TPSA) is 66.4 Å². The molecule has 4 aromatic rings. The number of ether oxygens (including phenoxy) is 3. The van der Waals surface area contributed by atoms with Crippen LogP contribution in [0, 0.1) is 0 Å². The van der Waals surface area contributed by atoms with Gasteiger partial charge in [-0.05, 0) is 169 Å². The van der Waals surface area contributed by atoms with Crippen LogP contribution in [0.4, 0.5) is 0 Å². The van der Waals surface area contributed by atoms with Gasteiger partial charge in [-0.2, -0.15) is 0 Å². The van der Waals surface area contributed by atoms with Gasteiger partial charge < -0.3 is 14.2 Å². The van der Waals surface area contributed by atoms with E-state index in [2.05, 4.69) is 143 Å². The van der Waals surface area contributed by atoms with Gasteiger partial charge in [-0.1, -0.05) is 16.3 Å². The van der Waals surface area contributed by atoms with E-state index >= 15 is 0 Å². The van der Waals surface area contributed by atoms with Gasteiger partial charge in [0.15, 0.2) is 0 Å². The number of nitrogens with zero attached hydrogens (tertiary/aromatic N) is 3. The molecule has 1 aromatic heterocycles. The molecule has 0 unspecified atom stereocenters. The van der Waals surface area contributed by atoms with Gasteiger partial charge in [0.1, 0.15) is 17.2 Å². The Labute approximate surface area is 266 Å². The Hall–Kier alpha value is -0.0900. The lowest BCUT2D eigenvalue weighted by atomic mass is 10.3. The average molecular weight is 989 g/mol. The van der Waals surface area contributed by atoms with Crippen molar-refractivity contribution in [2.75, 3.05) is 0 Å². The number of rotatable bonds is 6. The molecule has 6 nitrogen and oxygen atoms in total. The fourth-order valence-electron chi connectivity index (χ4n) is 2.56. The summed E-state index contributed by atoms with van der Waals surface area (Å²) in [6.07, 6.45) is 0. The van der Waals surface area contributed by atoms with Crippen LogP contribution in [0.3, 0.4) is 0 Å². The third-order valence-electron chi connectivity index (χ3n) is 4.20. The highest BCUT2D eigenvalue weighted by atomic mass is 79.9. The van der Waals surface area contributed by atoms with Crippen LogP contribution in [-0.4, -0.2) is 15.4 Å². The van der Waals surface area contributed by atoms with E-state index < -0.39 is 0 Å². The number of halogens is 8. The molecule has 0 atom stereocenters. The van der Waals surface area contributed by atoms with Gasteiger partial charge in [0.2, 0.25) is 0 Å². The fraction of sp³-hybridized carbons (Fsp3) is 0. The van der Waals surface area contributed by atoms with Crippen molar-refractivity contribution in [1.82, 2.24) is 15.4 Å². The second kappa shape index (κ2) is 12.2. The van der Waals surface area contributed by atoms with Gasteiger partial charge in [-0.15, -0.1) is 0 Å². The van der Waals surface area contributed by atoms with E-state index in [1.54, 1.807) is 18.2 Å². The molecular weight excluding hydrogens is 981 g/mol. The normalized spacial score (nSPS) is 10.9. The molecule has 180 valence electrons. The van der Waals surface area contributed by atoms with E-state index in [1.165, 1.54) is 0 Å². The number of hydrogen-bond acceptors (Lipinski definition) is 6. The Morgan fingerprint density at radius 3 is 1.43 bits per heavy atom. The zero-order valence-corrected chi connectivity index (χ0v) is 29.3. The highest BCUT2D eigenvalue weighted by Gasteiger charge is 2.24. The zero-order chi connectivity index (χ0) is 25.3. The van der Waals surface area contributed by atoms with Crippen LogP contribution >= 0.6 is 127 Å². The van der Waals surface area contributed by atoms with Gasteiger partial charge in [-0.25, -0.2) is 0 Å². The van der Waals surface area contributed by atoms with Crippen LogP contribution in [0.5, 0.6) is 34.8 Å². The number of hydrogen-bond donors (Lipinski definition) is 0. The number of aromatic nitrogens is 3. The summed E-state index contributed by atoms with van der Waals surface area (Å²) in [4.78, 5) is 0. The van der Waals surface area contributed by atoms with E-state index in [0.29, 0.717) is 30.7 Å². The minimum absolute atomic E-state index is 0.0455. The predicted molar refractivity (Wildman–Crippen MR) is 161 cm³/mol. The maximum Gasteiger partial charge on any atom is 0.290 e. The lowest BCUT2D eigenvalue weighted by molar-refractivity contribution is 0.351. The minimum atomic E-state index is 0.0455. The minimum Gasteiger partial charge on any atom is -0.445 e. The van der Waals surface area contributed by atoms with Gasteiger partial charge >= 0.3 is 0 Å². The quantitative estimate of drug-likeness (QED) is 0.179. The molecule has 14 heteroatoms. The van der Waals surface area contributed by atoms with Crippen molar-refractivity contribution >= 4 is 127 Å². The van der Waals surface area contributed by atoms with Crippen molar-refractivity contribution in [3.8, 4) is 34.8 Å². The van der Waals surface area contributed by atoms with Gasteiger partial charge in [0.05, 0.1) is 13.4 Å². The summed E-state index contributed by atoms with van der Waals surface area (Å²) in [6, 6.07) is 12.7. The lowest BCUT2D eigenvalue weighted by Gasteiger charge is -2.16. The molecule has 0 spiro atoms. The molecule has 0 radical (unpaired) electrons. The molecule has 0 saturated carbocycles. The predicted octanol–water partition coefficient (Wildman–Crippen LogP) is 11.3. The van der Waals surface area contributed by atoms with Crippen LogP contribution in [0.2, 0.25) is 0 Å². The Kier molecular flexibility index (Phi) is 9.72. The summed E-state index contributed by atoms with van der Waals surface area (Å²) >= 11 is 28.0. The molecule has 0 saturated heterocycles. The third-order valence-corrected chi connectivity index (χ3v) is 12.9. The summed E-state index contributed by atoms with van der Waals surface area (Å²) < 4.78 is 24.5. The van der Waals surface area contributed by atoms with Crippen LogP contribution in [0.1, 0.15) is 0 Å². The van der Waals surface area contributed by atoms with E-state index in [0.717, 1.165) is 22.4 Å². The Balaban J connectivity index is 1.83. The second-order valence-corrected chi connectivity index (χ2v) is 13.0. The van der Waals surface area contributed by atoms with Crippen LogP contribution < -0.4 is 14.2 Å². The lowest BCUT2D eigenvalue weighted by Crippen LogP contribution is -2.02. The summed E-state index contributed by atoms with van der Waals surface area (Å²) in [5.74, 6) is 1.63. The molecule has 0 amide bonds. The molecule has 4 rings (SSSR count). The zero-order valence-electron chi connectivity index (χ0n) is 16.6. The standard InChI is InChI=1S/C21H7Br8N3O3/c22-8-2-1-3-11(14(8)25)33-19-20(34-12-6-4-9(23)15(26)17(12)28)30-32-31-21(19)35-13-7-5-10(24)16(27)18(13)29/h1-7H. The van der Waals surface area contributed by atoms with Crippen molar-refractivity contribution in [3.05, 3.63) is 78.2 Å². The maximum atomic E-state index is 6.22. The molecule has 35 heavy (non-hydrogen) atoms. The van der Waals surface area contributed by atoms with Crippen molar-refractivity contribution in [1.29, 1.82) is 0 Å². The van der Waals surface area contributed by atoms with Crippen molar-refractivity contribution in [2.24, 2.45) is 0 Å². The molecule has 0 aliphatic heterocycles. The SMILES string of the molecule is Brc1cccc(Oc2c(Oc3ccc(Br)c(Br)c3Br)nnnc2Oc2ccc(Br)c(Br)c2Br)c1Br. The average Bonchev–Trinajstić information content (AvgIpc) is 2.84. The summed E-state index contributed by atoms with van der Waals surface area (Å²) in [5.41, 5.74) is 0. The molecule has 0 aliphatic carbocycles.